The summed E-state index contributed by atoms with van der Waals surface area (Å²) in [4.78, 5) is 12.3. The van der Waals surface area contributed by atoms with Gasteiger partial charge in [0.05, 0.1) is 23.1 Å². The topological polar surface area (TPSA) is 37.3 Å². The highest BCUT2D eigenvalue weighted by Gasteiger charge is 2.24. The number of para-hydroxylation sites is 1. The summed E-state index contributed by atoms with van der Waals surface area (Å²) in [6, 6.07) is 8.65. The van der Waals surface area contributed by atoms with Gasteiger partial charge < -0.3 is 5.32 Å². The Bertz CT molecular complexity index is 890. The van der Waals surface area contributed by atoms with Gasteiger partial charge in [0.1, 0.15) is 5.01 Å². The predicted molar refractivity (Wildman–Crippen MR) is 109 cm³/mol. The van der Waals surface area contributed by atoms with Crippen molar-refractivity contribution in [2.75, 3.05) is 7.05 Å². The number of aliphatic imine (C=N–C) groups is 1. The van der Waals surface area contributed by atoms with Crippen LogP contribution in [-0.4, -0.2) is 17.7 Å². The Morgan fingerprint density at radius 2 is 2.00 bits per heavy atom. The van der Waals surface area contributed by atoms with Crippen LogP contribution in [0.1, 0.15) is 37.0 Å². The minimum Gasteiger partial charge on any atom is -0.311 e. The van der Waals surface area contributed by atoms with E-state index in [1.54, 1.807) is 11.3 Å². The van der Waals surface area contributed by atoms with E-state index in [4.69, 9.17) is 9.98 Å². The van der Waals surface area contributed by atoms with Crippen molar-refractivity contribution < 1.29 is 0 Å². The van der Waals surface area contributed by atoms with Crippen molar-refractivity contribution in [1.29, 1.82) is 0 Å². The first-order chi connectivity index (χ1) is 12.2. The molecule has 4 rings (SSSR count). The molecule has 25 heavy (non-hydrogen) atoms. The lowest BCUT2D eigenvalue weighted by Gasteiger charge is -2.21. The molecular weight excluding hydrogens is 346 g/mol. The van der Waals surface area contributed by atoms with E-state index in [2.05, 4.69) is 54.9 Å². The molecule has 0 saturated heterocycles. The van der Waals surface area contributed by atoms with Crippen molar-refractivity contribution in [2.24, 2.45) is 10.9 Å². The highest BCUT2D eigenvalue weighted by molar-refractivity contribution is 8.04. The molecule has 1 aromatic heterocycles. The highest BCUT2D eigenvalue weighted by atomic mass is 32.2. The number of thiazole rings is 1. The molecule has 2 heterocycles. The summed E-state index contributed by atoms with van der Waals surface area (Å²) >= 11 is 3.56. The molecule has 0 bridgehead atoms. The molecule has 2 aromatic rings. The summed E-state index contributed by atoms with van der Waals surface area (Å²) in [6.45, 7) is 4.45. The van der Waals surface area contributed by atoms with E-state index in [0.717, 1.165) is 28.5 Å². The Kier molecular flexibility index (Phi) is 4.63. The van der Waals surface area contributed by atoms with Gasteiger partial charge in [-0.1, -0.05) is 43.8 Å². The van der Waals surface area contributed by atoms with Crippen LogP contribution in [0, 0.1) is 5.92 Å². The Morgan fingerprint density at radius 3 is 2.80 bits per heavy atom. The summed E-state index contributed by atoms with van der Waals surface area (Å²) in [6.07, 6.45) is 5.25. The van der Waals surface area contributed by atoms with Gasteiger partial charge in [-0.3, -0.25) is 4.99 Å². The van der Waals surface area contributed by atoms with E-state index < -0.39 is 0 Å². The van der Waals surface area contributed by atoms with Crippen molar-refractivity contribution in [3.63, 3.8) is 0 Å². The molecule has 0 radical (unpaired) electrons. The molecule has 1 aliphatic carbocycles. The Morgan fingerprint density at radius 1 is 1.16 bits per heavy atom. The molecular formula is C20H21N3S2. The first kappa shape index (κ1) is 16.8. The molecule has 1 unspecified atom stereocenters. The second kappa shape index (κ2) is 6.90. The average molecular weight is 368 g/mol. The molecule has 1 atom stereocenters. The first-order valence-electron chi connectivity index (χ1n) is 8.54. The number of nitrogens with one attached hydrogen (secondary N) is 1. The van der Waals surface area contributed by atoms with Crippen LogP contribution in [0.15, 0.2) is 56.6 Å². The molecule has 0 fully saturated rings. The smallest absolute Gasteiger partial charge is 0.110 e. The molecule has 0 amide bonds. The lowest BCUT2D eigenvalue weighted by Crippen LogP contribution is -2.21. The van der Waals surface area contributed by atoms with Crippen molar-refractivity contribution in [3.05, 3.63) is 57.4 Å². The summed E-state index contributed by atoms with van der Waals surface area (Å²) in [5, 5.41) is 6.72. The second-order valence-corrected chi connectivity index (χ2v) is 8.58. The largest absolute Gasteiger partial charge is 0.311 e. The van der Waals surface area contributed by atoms with Crippen molar-refractivity contribution in [1.82, 2.24) is 10.3 Å². The van der Waals surface area contributed by atoms with Crippen LogP contribution in [0.4, 0.5) is 5.69 Å². The summed E-state index contributed by atoms with van der Waals surface area (Å²) in [7, 11) is 2.01. The van der Waals surface area contributed by atoms with E-state index in [-0.39, 0.29) is 0 Å². The number of allylic oxidation sites excluding steroid dienone is 4. The summed E-state index contributed by atoms with van der Waals surface area (Å²) in [5.41, 5.74) is 4.58. The number of hydrogen-bond acceptors (Lipinski definition) is 5. The van der Waals surface area contributed by atoms with Crippen LogP contribution in [0.3, 0.4) is 0 Å². The number of aromatic nitrogens is 1. The standard InChI is InChI=1S/C20H21N3S2/c1-12(2)19(21-3)20-23-16(11-24-20)13-8-9-18-15(10-13)22-14-6-4-5-7-17(14)25-18/h4-9,11-12,19,21H,10H2,1-3H3. The van der Waals surface area contributed by atoms with Crippen LogP contribution in [0.2, 0.25) is 0 Å². The maximum Gasteiger partial charge on any atom is 0.110 e. The Labute approximate surface area is 157 Å². The normalized spacial score (nSPS) is 17.4. The minimum atomic E-state index is 0.309. The molecule has 1 N–H and O–H groups in total. The summed E-state index contributed by atoms with van der Waals surface area (Å²) < 4.78 is 0. The number of thioether (sulfide) groups is 1. The molecule has 5 heteroatoms. The zero-order valence-corrected chi connectivity index (χ0v) is 16.2. The molecule has 3 nitrogen and oxygen atoms in total. The van der Waals surface area contributed by atoms with E-state index in [1.807, 2.05) is 24.9 Å². The third-order valence-electron chi connectivity index (χ3n) is 4.51. The van der Waals surface area contributed by atoms with Crippen molar-refractivity contribution in [3.8, 4) is 0 Å². The molecule has 128 valence electrons. The number of fused-ring (bicyclic) bond motifs is 2. The van der Waals surface area contributed by atoms with Gasteiger partial charge in [0.25, 0.3) is 0 Å². The fraction of sp³-hybridized carbons (Fsp3) is 0.300. The zero-order chi connectivity index (χ0) is 17.4. The van der Waals surface area contributed by atoms with Gasteiger partial charge in [-0.2, -0.15) is 0 Å². The van der Waals surface area contributed by atoms with Gasteiger partial charge in [-0.05, 0) is 36.7 Å². The number of rotatable bonds is 4. The van der Waals surface area contributed by atoms with E-state index in [9.17, 15) is 0 Å². The fourth-order valence-corrected chi connectivity index (χ4v) is 5.28. The van der Waals surface area contributed by atoms with Gasteiger partial charge in [0.15, 0.2) is 0 Å². The lowest BCUT2D eigenvalue weighted by atomic mass is 10.00. The summed E-state index contributed by atoms with van der Waals surface area (Å²) in [5.74, 6) is 0.520. The SMILES string of the molecule is CNC(c1nc(C2=CC=C3Sc4ccccc4N=C3C2)cs1)C(C)C. The van der Waals surface area contributed by atoms with Crippen molar-refractivity contribution >= 4 is 40.1 Å². The number of nitrogens with zero attached hydrogens (tertiary/aromatic N) is 2. The third kappa shape index (κ3) is 3.24. The monoisotopic (exact) mass is 367 g/mol. The molecule has 1 aromatic carbocycles. The second-order valence-electron chi connectivity index (χ2n) is 6.61. The molecule has 0 saturated carbocycles. The van der Waals surface area contributed by atoms with Crippen LogP contribution in [0.25, 0.3) is 5.57 Å². The van der Waals surface area contributed by atoms with E-state index in [1.165, 1.54) is 15.4 Å². The number of benzene rings is 1. The van der Waals surface area contributed by atoms with Crippen LogP contribution in [-0.2, 0) is 0 Å². The van der Waals surface area contributed by atoms with Crippen LogP contribution < -0.4 is 5.32 Å². The average Bonchev–Trinajstić information content (AvgIpc) is 3.09. The first-order valence-corrected chi connectivity index (χ1v) is 10.2. The maximum atomic E-state index is 4.90. The lowest BCUT2D eigenvalue weighted by molar-refractivity contribution is 0.441. The third-order valence-corrected chi connectivity index (χ3v) is 6.60. The fourth-order valence-electron chi connectivity index (χ4n) is 3.18. The number of hydrogen-bond donors (Lipinski definition) is 1. The quantitative estimate of drug-likeness (QED) is 0.763. The van der Waals surface area contributed by atoms with Crippen LogP contribution >= 0.6 is 23.1 Å². The molecule has 0 spiro atoms. The van der Waals surface area contributed by atoms with E-state index >= 15 is 0 Å². The Hall–Kier alpha value is -1.69. The maximum absolute atomic E-state index is 4.90. The van der Waals surface area contributed by atoms with Crippen molar-refractivity contribution in [2.45, 2.75) is 31.2 Å². The van der Waals surface area contributed by atoms with Gasteiger partial charge >= 0.3 is 0 Å². The predicted octanol–water partition coefficient (Wildman–Crippen LogP) is 5.61. The molecule has 1 aliphatic heterocycles. The van der Waals surface area contributed by atoms with Gasteiger partial charge in [-0.15, -0.1) is 11.3 Å². The zero-order valence-electron chi connectivity index (χ0n) is 14.6. The van der Waals surface area contributed by atoms with E-state index in [0.29, 0.717) is 12.0 Å². The Balaban J connectivity index is 1.62. The highest BCUT2D eigenvalue weighted by Crippen LogP contribution is 2.43. The van der Waals surface area contributed by atoms with Gasteiger partial charge in [0.2, 0.25) is 0 Å². The molecule has 2 aliphatic rings. The van der Waals surface area contributed by atoms with Gasteiger partial charge in [-0.25, -0.2) is 4.98 Å². The van der Waals surface area contributed by atoms with Gasteiger partial charge in [0, 0.05) is 21.6 Å². The minimum absolute atomic E-state index is 0.309. The van der Waals surface area contributed by atoms with Crippen LogP contribution in [0.5, 0.6) is 0 Å².